The minimum absolute atomic E-state index is 0.261. The van der Waals surface area contributed by atoms with E-state index >= 15 is 0 Å². The number of aryl methyl sites for hydroxylation is 2. The molecule has 7 heteroatoms. The van der Waals surface area contributed by atoms with Gasteiger partial charge in [0, 0.05) is 11.8 Å². The number of aromatic nitrogens is 4. The van der Waals surface area contributed by atoms with Gasteiger partial charge in [0.1, 0.15) is 5.75 Å². The Morgan fingerprint density at radius 3 is 2.42 bits per heavy atom. The van der Waals surface area contributed by atoms with Crippen molar-refractivity contribution in [2.75, 3.05) is 12.4 Å². The maximum atomic E-state index is 12.0. The highest BCUT2D eigenvalue weighted by atomic mass is 16.5. The number of rotatable bonds is 5. The lowest BCUT2D eigenvalue weighted by molar-refractivity contribution is -0.111. The summed E-state index contributed by atoms with van der Waals surface area (Å²) in [6.07, 6.45) is 6.28. The van der Waals surface area contributed by atoms with E-state index in [0.717, 1.165) is 22.7 Å². The maximum absolute atomic E-state index is 12.0. The normalized spacial score (nSPS) is 10.9. The molecule has 2 heterocycles. The number of hydrogen-bond acceptors (Lipinski definition) is 5. The number of nitrogens with zero attached hydrogens (tertiary/aromatic N) is 4. The van der Waals surface area contributed by atoms with Crippen molar-refractivity contribution in [3.8, 4) is 11.7 Å². The highest BCUT2D eigenvalue weighted by Crippen LogP contribution is 2.13. The molecule has 1 N–H and O–H groups in total. The summed E-state index contributed by atoms with van der Waals surface area (Å²) in [7, 11) is 1.61. The van der Waals surface area contributed by atoms with Gasteiger partial charge in [-0.3, -0.25) is 4.79 Å². The van der Waals surface area contributed by atoms with E-state index in [-0.39, 0.29) is 5.91 Å². The molecule has 2 aromatic heterocycles. The van der Waals surface area contributed by atoms with Gasteiger partial charge in [-0.25, -0.2) is 14.6 Å². The second kappa shape index (κ2) is 7.60. The molecule has 1 aromatic carbocycles. The summed E-state index contributed by atoms with van der Waals surface area (Å²) in [5.41, 5.74) is 3.26. The van der Waals surface area contributed by atoms with Crippen molar-refractivity contribution in [1.82, 2.24) is 19.7 Å². The first-order valence-corrected chi connectivity index (χ1v) is 8.04. The first-order valence-electron chi connectivity index (χ1n) is 8.04. The molecule has 0 fully saturated rings. The van der Waals surface area contributed by atoms with Crippen LogP contribution in [0.3, 0.4) is 0 Å². The first-order chi connectivity index (χ1) is 12.5. The number of nitrogens with one attached hydrogen (secondary N) is 1. The number of ether oxygens (including phenoxy) is 1. The second-order valence-electron chi connectivity index (χ2n) is 5.71. The van der Waals surface area contributed by atoms with Crippen molar-refractivity contribution in [2.45, 2.75) is 13.8 Å². The number of carbonyl (C=O) groups is 1. The van der Waals surface area contributed by atoms with Crippen molar-refractivity contribution >= 4 is 17.7 Å². The fourth-order valence-electron chi connectivity index (χ4n) is 2.40. The zero-order chi connectivity index (χ0) is 18.5. The van der Waals surface area contributed by atoms with Crippen LogP contribution in [-0.2, 0) is 4.79 Å². The van der Waals surface area contributed by atoms with Gasteiger partial charge in [-0.15, -0.1) is 0 Å². The average Bonchev–Trinajstić information content (AvgIpc) is 2.99. The Kier molecular flexibility index (Phi) is 5.07. The smallest absolute Gasteiger partial charge is 0.250 e. The number of benzene rings is 1. The fourth-order valence-corrected chi connectivity index (χ4v) is 2.40. The Labute approximate surface area is 151 Å². The van der Waals surface area contributed by atoms with E-state index in [4.69, 9.17) is 4.74 Å². The zero-order valence-corrected chi connectivity index (χ0v) is 14.8. The predicted molar refractivity (Wildman–Crippen MR) is 99.3 cm³/mol. The van der Waals surface area contributed by atoms with Crippen molar-refractivity contribution in [3.63, 3.8) is 0 Å². The van der Waals surface area contributed by atoms with Crippen LogP contribution in [-0.4, -0.2) is 32.8 Å². The van der Waals surface area contributed by atoms with E-state index in [0.29, 0.717) is 11.6 Å². The van der Waals surface area contributed by atoms with Gasteiger partial charge in [0.05, 0.1) is 30.9 Å². The minimum atomic E-state index is -0.261. The van der Waals surface area contributed by atoms with Crippen molar-refractivity contribution in [3.05, 3.63) is 65.8 Å². The van der Waals surface area contributed by atoms with Crippen LogP contribution < -0.4 is 10.1 Å². The van der Waals surface area contributed by atoms with Crippen molar-refractivity contribution in [1.29, 1.82) is 0 Å². The van der Waals surface area contributed by atoms with Crippen LogP contribution in [0.4, 0.5) is 5.69 Å². The lowest BCUT2D eigenvalue weighted by atomic mass is 10.2. The van der Waals surface area contributed by atoms with E-state index in [2.05, 4.69) is 20.4 Å². The molecule has 0 saturated heterocycles. The third kappa shape index (κ3) is 4.13. The van der Waals surface area contributed by atoms with Crippen LogP contribution in [0.1, 0.15) is 17.0 Å². The van der Waals surface area contributed by atoms with Crippen LogP contribution in [0.15, 0.2) is 48.8 Å². The summed E-state index contributed by atoms with van der Waals surface area (Å²) in [4.78, 5) is 20.5. The molecule has 0 aliphatic carbocycles. The summed E-state index contributed by atoms with van der Waals surface area (Å²) in [6.45, 7) is 3.84. The quantitative estimate of drug-likeness (QED) is 0.716. The molecule has 0 bridgehead atoms. The fraction of sp³-hybridized carbons (Fsp3) is 0.158. The number of methoxy groups -OCH3 is 1. The summed E-state index contributed by atoms with van der Waals surface area (Å²) in [6, 6.07) is 9.36. The largest absolute Gasteiger partial charge is 0.497 e. The third-order valence-electron chi connectivity index (χ3n) is 3.65. The van der Waals surface area contributed by atoms with Crippen LogP contribution in [0.2, 0.25) is 0 Å². The van der Waals surface area contributed by atoms with E-state index in [1.54, 1.807) is 30.3 Å². The molecule has 0 saturated carbocycles. The molecular formula is C19H19N5O2. The molecule has 0 spiro atoms. The van der Waals surface area contributed by atoms with E-state index in [9.17, 15) is 4.79 Å². The molecule has 3 aromatic rings. The maximum Gasteiger partial charge on any atom is 0.250 e. The van der Waals surface area contributed by atoms with Gasteiger partial charge in [-0.2, -0.15) is 5.10 Å². The molecule has 0 radical (unpaired) electrons. The lowest BCUT2D eigenvalue weighted by Gasteiger charge is -2.04. The SMILES string of the molecule is COc1ccc(/C=C/C(=O)Nc2cnc(-n3nc(C)cc3C)nc2)cc1. The zero-order valence-electron chi connectivity index (χ0n) is 14.8. The van der Waals surface area contributed by atoms with Gasteiger partial charge >= 0.3 is 0 Å². The van der Waals surface area contributed by atoms with Crippen LogP contribution in [0.5, 0.6) is 5.75 Å². The summed E-state index contributed by atoms with van der Waals surface area (Å²) < 4.78 is 6.76. The molecule has 0 aliphatic heterocycles. The topological polar surface area (TPSA) is 81.9 Å². The number of amides is 1. The summed E-state index contributed by atoms with van der Waals surface area (Å²) in [5, 5.41) is 7.06. The molecule has 1 amide bonds. The molecule has 0 aliphatic rings. The van der Waals surface area contributed by atoms with Crippen molar-refractivity contribution < 1.29 is 9.53 Å². The Morgan fingerprint density at radius 1 is 1.15 bits per heavy atom. The molecular weight excluding hydrogens is 330 g/mol. The number of hydrogen-bond donors (Lipinski definition) is 1. The van der Waals surface area contributed by atoms with Crippen LogP contribution >= 0.6 is 0 Å². The Balaban J connectivity index is 1.63. The monoisotopic (exact) mass is 349 g/mol. The molecule has 26 heavy (non-hydrogen) atoms. The van der Waals surface area contributed by atoms with Gasteiger partial charge in [0.25, 0.3) is 5.95 Å². The van der Waals surface area contributed by atoms with Crippen LogP contribution in [0, 0.1) is 13.8 Å². The third-order valence-corrected chi connectivity index (χ3v) is 3.65. The summed E-state index contributed by atoms with van der Waals surface area (Å²) >= 11 is 0. The van der Waals surface area contributed by atoms with E-state index in [1.807, 2.05) is 44.2 Å². The Bertz CT molecular complexity index is 928. The van der Waals surface area contributed by atoms with Gasteiger partial charge in [0.2, 0.25) is 5.91 Å². The highest BCUT2D eigenvalue weighted by Gasteiger charge is 2.07. The average molecular weight is 349 g/mol. The lowest BCUT2D eigenvalue weighted by Crippen LogP contribution is -2.10. The van der Waals surface area contributed by atoms with Crippen molar-refractivity contribution in [2.24, 2.45) is 0 Å². The molecule has 0 atom stereocenters. The van der Waals surface area contributed by atoms with Gasteiger partial charge in [0.15, 0.2) is 0 Å². The second-order valence-corrected chi connectivity index (χ2v) is 5.71. The minimum Gasteiger partial charge on any atom is -0.497 e. The highest BCUT2D eigenvalue weighted by molar-refractivity contribution is 6.01. The van der Waals surface area contributed by atoms with E-state index in [1.165, 1.54) is 6.08 Å². The van der Waals surface area contributed by atoms with Gasteiger partial charge in [-0.05, 0) is 43.7 Å². The predicted octanol–water partition coefficient (Wildman–Crippen LogP) is 2.94. The Morgan fingerprint density at radius 2 is 1.85 bits per heavy atom. The molecule has 132 valence electrons. The first kappa shape index (κ1) is 17.3. The van der Waals surface area contributed by atoms with Crippen LogP contribution in [0.25, 0.3) is 12.0 Å². The molecule has 3 rings (SSSR count). The van der Waals surface area contributed by atoms with E-state index < -0.39 is 0 Å². The molecule has 7 nitrogen and oxygen atoms in total. The molecule has 0 unspecified atom stereocenters. The number of anilines is 1. The van der Waals surface area contributed by atoms with Gasteiger partial charge in [-0.1, -0.05) is 12.1 Å². The Hall–Kier alpha value is -3.48. The summed E-state index contributed by atoms with van der Waals surface area (Å²) in [5.74, 6) is 0.970. The van der Waals surface area contributed by atoms with Gasteiger partial charge < -0.3 is 10.1 Å². The number of carbonyl (C=O) groups excluding carboxylic acids is 1. The standard InChI is InChI=1S/C19H19N5O2/c1-13-10-14(2)24(23-13)19-20-11-16(12-21-19)22-18(25)9-6-15-4-7-17(26-3)8-5-15/h4-12H,1-3H3,(H,22,25)/b9-6+.